The third-order valence-corrected chi connectivity index (χ3v) is 4.38. The first kappa shape index (κ1) is 9.27. The Hall–Kier alpha value is -0.290. The quantitative estimate of drug-likeness (QED) is 0.767. The van der Waals surface area contributed by atoms with E-state index in [1.165, 1.54) is 0 Å². The molecular formula is C8H10BrNO2S. The smallest absolute Gasteiger partial charge is 0.151 e. The van der Waals surface area contributed by atoms with Crippen molar-refractivity contribution < 1.29 is 8.42 Å². The number of aryl methyl sites for hydroxylation is 2. The molecule has 0 unspecified atom stereocenters. The molecule has 0 fully saturated rings. The minimum absolute atomic E-state index is 0.271. The maximum absolute atomic E-state index is 11.3. The van der Waals surface area contributed by atoms with E-state index in [1.807, 2.05) is 6.07 Å². The predicted molar refractivity (Wildman–Crippen MR) is 54.6 cm³/mol. The largest absolute Gasteiger partial charge is 0.353 e. The van der Waals surface area contributed by atoms with Crippen LogP contribution < -0.4 is 0 Å². The van der Waals surface area contributed by atoms with E-state index in [1.54, 1.807) is 0 Å². The third-order valence-electron chi connectivity index (χ3n) is 2.30. The van der Waals surface area contributed by atoms with E-state index in [-0.39, 0.29) is 11.5 Å². The SMILES string of the molecule is O=S1(=O)CCc2cc(Br)[nH]c2CC1. The van der Waals surface area contributed by atoms with Crippen LogP contribution >= 0.6 is 15.9 Å². The zero-order chi connectivity index (χ0) is 9.47. The summed E-state index contributed by atoms with van der Waals surface area (Å²) in [5, 5.41) is 0. The van der Waals surface area contributed by atoms with Crippen molar-refractivity contribution in [2.45, 2.75) is 12.8 Å². The van der Waals surface area contributed by atoms with Gasteiger partial charge in [-0.15, -0.1) is 0 Å². The zero-order valence-electron chi connectivity index (χ0n) is 7.01. The molecule has 1 aromatic rings. The summed E-state index contributed by atoms with van der Waals surface area (Å²) >= 11 is 3.34. The lowest BCUT2D eigenvalue weighted by atomic mass is 10.2. The molecule has 13 heavy (non-hydrogen) atoms. The fourth-order valence-electron chi connectivity index (χ4n) is 1.57. The summed E-state index contributed by atoms with van der Waals surface area (Å²) in [6, 6.07) is 1.97. The van der Waals surface area contributed by atoms with E-state index in [0.717, 1.165) is 15.9 Å². The van der Waals surface area contributed by atoms with Crippen LogP contribution in [0, 0.1) is 0 Å². The molecule has 0 spiro atoms. The average molecular weight is 264 g/mol. The van der Waals surface area contributed by atoms with Gasteiger partial charge < -0.3 is 4.98 Å². The third kappa shape index (κ3) is 1.96. The maximum Gasteiger partial charge on any atom is 0.151 e. The lowest BCUT2D eigenvalue weighted by Crippen LogP contribution is -2.10. The Morgan fingerprint density at radius 2 is 2.00 bits per heavy atom. The first-order valence-electron chi connectivity index (χ1n) is 4.13. The number of fused-ring (bicyclic) bond motifs is 1. The van der Waals surface area contributed by atoms with Crippen molar-refractivity contribution in [1.82, 2.24) is 4.98 Å². The van der Waals surface area contributed by atoms with Gasteiger partial charge >= 0.3 is 0 Å². The van der Waals surface area contributed by atoms with Crippen LogP contribution in [0.2, 0.25) is 0 Å². The summed E-state index contributed by atoms with van der Waals surface area (Å²) in [7, 11) is -2.80. The Bertz CT molecular complexity index is 390. The molecule has 0 aliphatic carbocycles. The van der Waals surface area contributed by atoms with E-state index in [4.69, 9.17) is 0 Å². The molecule has 0 saturated carbocycles. The van der Waals surface area contributed by atoms with Crippen molar-refractivity contribution in [3.63, 3.8) is 0 Å². The highest BCUT2D eigenvalue weighted by Crippen LogP contribution is 2.20. The van der Waals surface area contributed by atoms with E-state index in [2.05, 4.69) is 20.9 Å². The van der Waals surface area contributed by atoms with Crippen LogP contribution in [0.5, 0.6) is 0 Å². The topological polar surface area (TPSA) is 49.9 Å². The van der Waals surface area contributed by atoms with Crippen molar-refractivity contribution in [2.75, 3.05) is 11.5 Å². The van der Waals surface area contributed by atoms with Crippen LogP contribution in [-0.4, -0.2) is 24.9 Å². The Balaban J connectivity index is 2.34. The lowest BCUT2D eigenvalue weighted by molar-refractivity contribution is 0.596. The van der Waals surface area contributed by atoms with Gasteiger partial charge in [-0.25, -0.2) is 8.42 Å². The summed E-state index contributed by atoms with van der Waals surface area (Å²) in [4.78, 5) is 3.13. The fourth-order valence-corrected chi connectivity index (χ4v) is 3.34. The number of hydrogen-bond acceptors (Lipinski definition) is 2. The van der Waals surface area contributed by atoms with Crippen molar-refractivity contribution in [2.24, 2.45) is 0 Å². The van der Waals surface area contributed by atoms with Crippen molar-refractivity contribution in [1.29, 1.82) is 0 Å². The molecule has 2 rings (SSSR count). The van der Waals surface area contributed by atoms with Gasteiger partial charge in [0.05, 0.1) is 16.1 Å². The zero-order valence-corrected chi connectivity index (χ0v) is 9.41. The lowest BCUT2D eigenvalue weighted by Gasteiger charge is -1.95. The van der Waals surface area contributed by atoms with Gasteiger partial charge in [-0.3, -0.25) is 0 Å². The molecule has 5 heteroatoms. The molecule has 3 nitrogen and oxygen atoms in total. The van der Waals surface area contributed by atoms with Crippen LogP contribution in [0.1, 0.15) is 11.3 Å². The molecule has 1 aromatic heterocycles. The normalized spacial score (nSPS) is 20.7. The highest BCUT2D eigenvalue weighted by Gasteiger charge is 2.19. The van der Waals surface area contributed by atoms with Crippen LogP contribution in [-0.2, 0) is 22.7 Å². The van der Waals surface area contributed by atoms with Gasteiger partial charge in [0.2, 0.25) is 0 Å². The van der Waals surface area contributed by atoms with Gasteiger partial charge in [-0.1, -0.05) is 0 Å². The second-order valence-electron chi connectivity index (χ2n) is 3.27. The average Bonchev–Trinajstić information content (AvgIpc) is 2.34. The first-order chi connectivity index (χ1) is 6.07. The molecule has 0 radical (unpaired) electrons. The molecule has 0 amide bonds. The summed E-state index contributed by atoms with van der Waals surface area (Å²) in [6.07, 6.45) is 1.25. The number of sulfone groups is 1. The number of aromatic amines is 1. The molecule has 1 aliphatic rings. The predicted octanol–water partition coefficient (Wildman–Crippen LogP) is 1.29. The second kappa shape index (κ2) is 3.13. The molecule has 0 aromatic carbocycles. The Morgan fingerprint density at radius 1 is 1.31 bits per heavy atom. The fraction of sp³-hybridized carbons (Fsp3) is 0.500. The molecule has 2 heterocycles. The maximum atomic E-state index is 11.3. The van der Waals surface area contributed by atoms with Gasteiger partial charge in [0, 0.05) is 12.1 Å². The van der Waals surface area contributed by atoms with Crippen molar-refractivity contribution >= 4 is 25.8 Å². The summed E-state index contributed by atoms with van der Waals surface area (Å²) < 4.78 is 23.5. The monoisotopic (exact) mass is 263 g/mol. The second-order valence-corrected chi connectivity index (χ2v) is 6.43. The van der Waals surface area contributed by atoms with Crippen molar-refractivity contribution in [3.8, 4) is 0 Å². The molecule has 0 saturated heterocycles. The van der Waals surface area contributed by atoms with Crippen LogP contribution in [0.25, 0.3) is 0 Å². The molecule has 0 atom stereocenters. The highest BCUT2D eigenvalue weighted by molar-refractivity contribution is 9.10. The number of aromatic nitrogens is 1. The highest BCUT2D eigenvalue weighted by atomic mass is 79.9. The van der Waals surface area contributed by atoms with Crippen LogP contribution in [0.4, 0.5) is 0 Å². The van der Waals surface area contributed by atoms with Gasteiger partial charge in [0.1, 0.15) is 0 Å². The van der Waals surface area contributed by atoms with Crippen LogP contribution in [0.15, 0.2) is 10.7 Å². The summed E-state index contributed by atoms with van der Waals surface area (Å²) in [5.41, 5.74) is 2.20. The number of nitrogens with one attached hydrogen (secondary N) is 1. The van der Waals surface area contributed by atoms with Gasteiger partial charge in [0.15, 0.2) is 9.84 Å². The van der Waals surface area contributed by atoms with Crippen molar-refractivity contribution in [3.05, 3.63) is 21.9 Å². The van der Waals surface area contributed by atoms with E-state index in [0.29, 0.717) is 12.8 Å². The minimum atomic E-state index is -2.80. The van der Waals surface area contributed by atoms with E-state index >= 15 is 0 Å². The Labute approximate surface area is 85.6 Å². The number of H-pyrrole nitrogens is 1. The van der Waals surface area contributed by atoms with Gasteiger partial charge in [0.25, 0.3) is 0 Å². The molecule has 72 valence electrons. The Morgan fingerprint density at radius 3 is 2.77 bits per heavy atom. The molecular weight excluding hydrogens is 254 g/mol. The number of halogens is 1. The standard InChI is InChI=1S/C8H10BrNO2S/c9-8-5-6-1-3-13(11,12)4-2-7(6)10-8/h5,10H,1-4H2. The molecule has 1 N–H and O–H groups in total. The summed E-state index contributed by atoms with van der Waals surface area (Å²) in [6.45, 7) is 0. The van der Waals surface area contributed by atoms with E-state index in [9.17, 15) is 8.42 Å². The first-order valence-corrected chi connectivity index (χ1v) is 6.75. The van der Waals surface area contributed by atoms with Gasteiger partial charge in [-0.05, 0) is 34.0 Å². The summed E-state index contributed by atoms with van der Waals surface area (Å²) in [5.74, 6) is 0.553. The minimum Gasteiger partial charge on any atom is -0.353 e. The number of hydrogen-bond donors (Lipinski definition) is 1. The number of rotatable bonds is 0. The molecule has 0 bridgehead atoms. The Kier molecular flexibility index (Phi) is 2.23. The molecule has 1 aliphatic heterocycles. The van der Waals surface area contributed by atoms with Gasteiger partial charge in [-0.2, -0.15) is 0 Å². The van der Waals surface area contributed by atoms with Crippen LogP contribution in [0.3, 0.4) is 0 Å². The van der Waals surface area contributed by atoms with E-state index < -0.39 is 9.84 Å².